The molecule has 0 saturated carbocycles. The number of nitro groups is 1. The minimum Gasteiger partial charge on any atom is -0.379 e. The van der Waals surface area contributed by atoms with Gasteiger partial charge in [0.1, 0.15) is 5.69 Å². The van der Waals surface area contributed by atoms with Crippen LogP contribution in [0, 0.1) is 16.0 Å². The van der Waals surface area contributed by atoms with E-state index in [0.717, 1.165) is 17.7 Å². The summed E-state index contributed by atoms with van der Waals surface area (Å²) in [5.74, 6) is 0.390. The second-order valence-electron chi connectivity index (χ2n) is 4.92. The average molecular weight is 293 g/mol. The fraction of sp³-hybridized carbons (Fsp3) is 0.462. The topological polar surface area (TPSA) is 77.3 Å². The Morgan fingerprint density at radius 2 is 2.45 bits per heavy atom. The molecule has 2 atom stereocenters. The molecule has 1 fully saturated rings. The number of aromatic nitrogens is 1. The summed E-state index contributed by atoms with van der Waals surface area (Å²) in [5.41, 5.74) is 2.69. The van der Waals surface area contributed by atoms with E-state index in [1.807, 2.05) is 13.0 Å². The van der Waals surface area contributed by atoms with E-state index in [9.17, 15) is 10.1 Å². The highest BCUT2D eigenvalue weighted by Crippen LogP contribution is 2.34. The molecule has 2 heterocycles. The number of ether oxygens (including phenoxy) is 1. The molecule has 0 bridgehead atoms. The maximum Gasteiger partial charge on any atom is 0.319 e. The first-order valence-electron chi connectivity index (χ1n) is 6.53. The van der Waals surface area contributed by atoms with Gasteiger partial charge in [0.25, 0.3) is 0 Å². The van der Waals surface area contributed by atoms with Crippen molar-refractivity contribution < 1.29 is 9.66 Å². The van der Waals surface area contributed by atoms with E-state index < -0.39 is 0 Å². The van der Waals surface area contributed by atoms with Gasteiger partial charge in [-0.15, -0.1) is 11.3 Å². The standard InChI is InChI=1S/C13H15N3O3S/c1-8-9(4-5-19-8)6-14-10-2-3-11-12(15-7-20-11)13(10)16(17)18/h2-3,7-9,14H,4-6H2,1H3. The Bertz CT molecular complexity index is 643. The summed E-state index contributed by atoms with van der Waals surface area (Å²) in [6.07, 6.45) is 1.19. The molecular weight excluding hydrogens is 278 g/mol. The van der Waals surface area contributed by atoms with E-state index >= 15 is 0 Å². The lowest BCUT2D eigenvalue weighted by Gasteiger charge is -2.15. The molecule has 1 saturated heterocycles. The van der Waals surface area contributed by atoms with Gasteiger partial charge in [-0.1, -0.05) is 0 Å². The minimum absolute atomic E-state index is 0.0651. The number of nitro benzene ring substituents is 1. The molecule has 0 spiro atoms. The van der Waals surface area contributed by atoms with Crippen LogP contribution in [0.4, 0.5) is 11.4 Å². The average Bonchev–Trinajstić information content (AvgIpc) is 3.03. The lowest BCUT2D eigenvalue weighted by Crippen LogP contribution is -2.21. The lowest BCUT2D eigenvalue weighted by molar-refractivity contribution is -0.382. The highest BCUT2D eigenvalue weighted by atomic mass is 32.1. The fourth-order valence-corrected chi connectivity index (χ4v) is 3.21. The maximum absolute atomic E-state index is 11.3. The molecule has 0 amide bonds. The first-order chi connectivity index (χ1) is 9.66. The highest BCUT2D eigenvalue weighted by molar-refractivity contribution is 7.16. The van der Waals surface area contributed by atoms with Crippen molar-refractivity contribution in [2.24, 2.45) is 5.92 Å². The zero-order valence-corrected chi connectivity index (χ0v) is 11.9. The molecule has 2 aromatic rings. The number of nitrogens with zero attached hydrogens (tertiary/aromatic N) is 2. The smallest absolute Gasteiger partial charge is 0.319 e. The monoisotopic (exact) mass is 293 g/mol. The minimum atomic E-state index is -0.362. The lowest BCUT2D eigenvalue weighted by atomic mass is 10.0. The molecule has 3 rings (SSSR count). The Morgan fingerprint density at radius 1 is 1.60 bits per heavy atom. The van der Waals surface area contributed by atoms with Gasteiger partial charge in [-0.2, -0.15) is 0 Å². The van der Waals surface area contributed by atoms with E-state index in [1.54, 1.807) is 11.6 Å². The van der Waals surface area contributed by atoms with Crippen molar-refractivity contribution in [2.75, 3.05) is 18.5 Å². The van der Waals surface area contributed by atoms with Crippen LogP contribution in [-0.4, -0.2) is 29.2 Å². The van der Waals surface area contributed by atoms with E-state index in [1.165, 1.54) is 11.3 Å². The molecule has 20 heavy (non-hydrogen) atoms. The van der Waals surface area contributed by atoms with Gasteiger partial charge < -0.3 is 10.1 Å². The maximum atomic E-state index is 11.3. The van der Waals surface area contributed by atoms with Crippen LogP contribution in [0.25, 0.3) is 10.2 Å². The predicted octanol–water partition coefficient (Wildman–Crippen LogP) is 3.04. The summed E-state index contributed by atoms with van der Waals surface area (Å²) in [7, 11) is 0. The Hall–Kier alpha value is -1.73. The van der Waals surface area contributed by atoms with Crippen LogP contribution in [0.5, 0.6) is 0 Å². The van der Waals surface area contributed by atoms with E-state index in [2.05, 4.69) is 10.3 Å². The predicted molar refractivity (Wildman–Crippen MR) is 78.3 cm³/mol. The number of rotatable bonds is 4. The number of fused-ring (bicyclic) bond motifs is 1. The third-order valence-corrected chi connectivity index (χ3v) is 4.54. The number of thiazole rings is 1. The van der Waals surface area contributed by atoms with Crippen LogP contribution in [-0.2, 0) is 4.74 Å². The normalized spacial score (nSPS) is 22.2. The second-order valence-corrected chi connectivity index (χ2v) is 5.81. The molecule has 6 nitrogen and oxygen atoms in total. The molecule has 1 aliphatic rings. The van der Waals surface area contributed by atoms with Crippen molar-refractivity contribution in [1.29, 1.82) is 0 Å². The van der Waals surface area contributed by atoms with E-state index in [0.29, 0.717) is 23.7 Å². The molecule has 1 N–H and O–H groups in total. The second kappa shape index (κ2) is 5.34. The Kier molecular flexibility index (Phi) is 3.54. The van der Waals surface area contributed by atoms with Gasteiger partial charge in [-0.3, -0.25) is 10.1 Å². The third-order valence-electron chi connectivity index (χ3n) is 3.75. The van der Waals surface area contributed by atoms with Gasteiger partial charge in [-0.25, -0.2) is 4.98 Å². The summed E-state index contributed by atoms with van der Waals surface area (Å²) >= 11 is 1.41. The zero-order chi connectivity index (χ0) is 14.1. The van der Waals surface area contributed by atoms with Crippen LogP contribution in [0.3, 0.4) is 0 Å². The molecular formula is C13H15N3O3S. The molecule has 0 aliphatic carbocycles. The number of hydrogen-bond donors (Lipinski definition) is 1. The van der Waals surface area contributed by atoms with E-state index in [4.69, 9.17) is 4.74 Å². The molecule has 1 aromatic heterocycles. The summed E-state index contributed by atoms with van der Waals surface area (Å²) in [6.45, 7) is 3.48. The largest absolute Gasteiger partial charge is 0.379 e. The van der Waals surface area contributed by atoms with E-state index in [-0.39, 0.29) is 16.7 Å². The number of anilines is 1. The van der Waals surface area contributed by atoms with Crippen molar-refractivity contribution in [3.8, 4) is 0 Å². The SMILES string of the molecule is CC1OCCC1CNc1ccc2scnc2c1[N+](=O)[O-]. The zero-order valence-electron chi connectivity index (χ0n) is 11.0. The van der Waals surface area contributed by atoms with Crippen LogP contribution in [0.1, 0.15) is 13.3 Å². The number of benzene rings is 1. The Balaban J connectivity index is 1.86. The summed E-state index contributed by atoms with van der Waals surface area (Å²) in [6, 6.07) is 3.63. The first-order valence-corrected chi connectivity index (χ1v) is 7.41. The van der Waals surface area contributed by atoms with Gasteiger partial charge in [0.05, 0.1) is 21.2 Å². The van der Waals surface area contributed by atoms with Gasteiger partial charge in [0.15, 0.2) is 5.52 Å². The molecule has 2 unspecified atom stereocenters. The quantitative estimate of drug-likeness (QED) is 0.692. The first kappa shape index (κ1) is 13.3. The molecule has 7 heteroatoms. The van der Waals surface area contributed by atoms with Crippen molar-refractivity contribution in [1.82, 2.24) is 4.98 Å². The summed E-state index contributed by atoms with van der Waals surface area (Å²) < 4.78 is 6.34. The molecule has 0 radical (unpaired) electrons. The Morgan fingerprint density at radius 3 is 3.15 bits per heavy atom. The Labute approximate surface area is 119 Å². The number of hydrogen-bond acceptors (Lipinski definition) is 6. The van der Waals surface area contributed by atoms with Crippen molar-refractivity contribution in [2.45, 2.75) is 19.4 Å². The van der Waals surface area contributed by atoms with Gasteiger partial charge in [0.2, 0.25) is 0 Å². The van der Waals surface area contributed by atoms with Crippen LogP contribution < -0.4 is 5.32 Å². The van der Waals surface area contributed by atoms with Crippen LogP contribution in [0.2, 0.25) is 0 Å². The summed E-state index contributed by atoms with van der Waals surface area (Å²) in [5, 5.41) is 14.5. The van der Waals surface area contributed by atoms with Gasteiger partial charge >= 0.3 is 5.69 Å². The molecule has 1 aliphatic heterocycles. The summed E-state index contributed by atoms with van der Waals surface area (Å²) in [4.78, 5) is 15.0. The van der Waals surface area contributed by atoms with Crippen molar-refractivity contribution in [3.05, 3.63) is 27.8 Å². The molecule has 106 valence electrons. The number of nitrogens with one attached hydrogen (secondary N) is 1. The van der Waals surface area contributed by atoms with Gasteiger partial charge in [0, 0.05) is 19.1 Å². The van der Waals surface area contributed by atoms with Gasteiger partial charge in [-0.05, 0) is 25.5 Å². The third kappa shape index (κ3) is 2.34. The van der Waals surface area contributed by atoms with Crippen molar-refractivity contribution in [3.63, 3.8) is 0 Å². The molecule has 1 aromatic carbocycles. The highest BCUT2D eigenvalue weighted by Gasteiger charge is 2.26. The van der Waals surface area contributed by atoms with Crippen LogP contribution >= 0.6 is 11.3 Å². The fourth-order valence-electron chi connectivity index (χ4n) is 2.53. The van der Waals surface area contributed by atoms with Crippen molar-refractivity contribution >= 4 is 32.9 Å². The van der Waals surface area contributed by atoms with Crippen LogP contribution in [0.15, 0.2) is 17.6 Å².